The smallest absolute Gasteiger partial charge is 0.211 e. The van der Waals surface area contributed by atoms with Gasteiger partial charge in [-0.15, -0.1) is 0 Å². The van der Waals surface area contributed by atoms with Crippen molar-refractivity contribution in [3.8, 4) is 0 Å². The van der Waals surface area contributed by atoms with Crippen LogP contribution in [0.1, 0.15) is 52.9 Å². The lowest BCUT2D eigenvalue weighted by Gasteiger charge is -2.31. The monoisotopic (exact) mass is 339 g/mol. The van der Waals surface area contributed by atoms with Gasteiger partial charge in [-0.25, -0.2) is 13.1 Å². The molecule has 0 spiro atoms. The van der Waals surface area contributed by atoms with Crippen LogP contribution in [0.5, 0.6) is 0 Å². The fraction of sp³-hybridized carbons (Fsp3) is 1.00. The average Bonchev–Trinajstić information content (AvgIpc) is 2.26. The number of rotatable bonds is 5. The third kappa shape index (κ3) is 6.02. The van der Waals surface area contributed by atoms with Gasteiger partial charge < -0.3 is 0 Å². The number of sulfonamides is 1. The predicted molar refractivity (Wildman–Crippen MR) is 80.5 cm³/mol. The van der Waals surface area contributed by atoms with E-state index >= 15 is 0 Å². The summed E-state index contributed by atoms with van der Waals surface area (Å²) in [5.41, 5.74) is 0.0656. The van der Waals surface area contributed by atoms with Crippen LogP contribution in [-0.2, 0) is 10.0 Å². The summed E-state index contributed by atoms with van der Waals surface area (Å²) >= 11 is 3.49. The van der Waals surface area contributed by atoms with Crippen molar-refractivity contribution in [2.24, 2.45) is 11.3 Å². The van der Waals surface area contributed by atoms with Gasteiger partial charge in [0.15, 0.2) is 0 Å². The Morgan fingerprint density at radius 1 is 1.22 bits per heavy atom. The molecule has 2 atom stereocenters. The van der Waals surface area contributed by atoms with E-state index in [0.29, 0.717) is 12.3 Å². The molecule has 0 radical (unpaired) electrons. The Morgan fingerprint density at radius 2 is 1.83 bits per heavy atom. The maximum Gasteiger partial charge on any atom is 0.211 e. The molecule has 2 unspecified atom stereocenters. The Labute approximate surface area is 120 Å². The van der Waals surface area contributed by atoms with E-state index < -0.39 is 10.0 Å². The van der Waals surface area contributed by atoms with Crippen LogP contribution >= 0.6 is 15.9 Å². The topological polar surface area (TPSA) is 46.2 Å². The van der Waals surface area contributed by atoms with Crippen molar-refractivity contribution in [1.82, 2.24) is 4.72 Å². The molecule has 0 heterocycles. The summed E-state index contributed by atoms with van der Waals surface area (Å²) in [6.45, 7) is 6.22. The summed E-state index contributed by atoms with van der Waals surface area (Å²) in [7, 11) is -3.13. The van der Waals surface area contributed by atoms with E-state index in [1.807, 2.05) is 0 Å². The minimum absolute atomic E-state index is 0.0656. The van der Waals surface area contributed by atoms with Crippen LogP contribution < -0.4 is 4.72 Å². The van der Waals surface area contributed by atoms with Gasteiger partial charge >= 0.3 is 0 Å². The predicted octanol–water partition coefficient (Wildman–Crippen LogP) is 3.30. The molecule has 0 saturated heterocycles. The minimum atomic E-state index is -3.13. The van der Waals surface area contributed by atoms with Crippen molar-refractivity contribution in [1.29, 1.82) is 0 Å². The van der Waals surface area contributed by atoms with Crippen LogP contribution in [0.4, 0.5) is 0 Å². The van der Waals surface area contributed by atoms with Gasteiger partial charge in [0.25, 0.3) is 0 Å². The summed E-state index contributed by atoms with van der Waals surface area (Å²) in [4.78, 5) is 0. The van der Waals surface area contributed by atoms with E-state index in [2.05, 4.69) is 41.4 Å². The molecule has 1 fully saturated rings. The summed E-state index contributed by atoms with van der Waals surface area (Å²) in [5, 5.41) is 0.888. The van der Waals surface area contributed by atoms with Crippen LogP contribution in [0.3, 0.4) is 0 Å². The lowest BCUT2D eigenvalue weighted by Crippen LogP contribution is -2.43. The second kappa shape index (κ2) is 6.71. The molecule has 108 valence electrons. The first-order chi connectivity index (χ1) is 8.23. The Hall–Kier alpha value is 0.390. The summed E-state index contributed by atoms with van der Waals surface area (Å²) in [5.74, 6) is 0.685. The molecule has 0 amide bonds. The molecule has 1 aliphatic carbocycles. The molecule has 18 heavy (non-hydrogen) atoms. The summed E-state index contributed by atoms with van der Waals surface area (Å²) < 4.78 is 27.1. The SMILES string of the molecule is CC(C)(C)CCS(=O)(=O)NC1CCCCC1CBr. The van der Waals surface area contributed by atoms with E-state index in [-0.39, 0.29) is 17.2 Å². The van der Waals surface area contributed by atoms with Crippen LogP contribution in [0.25, 0.3) is 0 Å². The first-order valence-electron chi connectivity index (χ1n) is 6.79. The van der Waals surface area contributed by atoms with E-state index in [1.54, 1.807) is 0 Å². The zero-order valence-electron chi connectivity index (χ0n) is 11.7. The first kappa shape index (κ1) is 16.4. The van der Waals surface area contributed by atoms with Crippen molar-refractivity contribution >= 4 is 26.0 Å². The third-order valence-corrected chi connectivity index (χ3v) is 5.79. The quantitative estimate of drug-likeness (QED) is 0.781. The molecule has 0 aromatic heterocycles. The highest BCUT2D eigenvalue weighted by molar-refractivity contribution is 9.09. The summed E-state index contributed by atoms with van der Waals surface area (Å²) in [6, 6.07) is 0.128. The Kier molecular flexibility index (Phi) is 6.13. The molecule has 1 saturated carbocycles. The molecule has 1 rings (SSSR count). The van der Waals surface area contributed by atoms with Crippen molar-refractivity contribution in [2.45, 2.75) is 58.9 Å². The molecule has 3 nitrogen and oxygen atoms in total. The fourth-order valence-electron chi connectivity index (χ4n) is 2.28. The van der Waals surface area contributed by atoms with Crippen LogP contribution in [0.15, 0.2) is 0 Å². The highest BCUT2D eigenvalue weighted by atomic mass is 79.9. The van der Waals surface area contributed by atoms with E-state index in [1.165, 1.54) is 6.42 Å². The second-order valence-corrected chi connectivity index (χ2v) is 9.07. The zero-order chi connectivity index (χ0) is 13.8. The molecular formula is C13H26BrNO2S. The van der Waals surface area contributed by atoms with Gasteiger partial charge in [-0.1, -0.05) is 49.5 Å². The number of nitrogens with one attached hydrogen (secondary N) is 1. The summed E-state index contributed by atoms with van der Waals surface area (Å²) in [6.07, 6.45) is 5.16. The Bertz CT molecular complexity index is 348. The number of halogens is 1. The molecule has 1 N–H and O–H groups in total. The highest BCUT2D eigenvalue weighted by Gasteiger charge is 2.28. The maximum absolute atomic E-state index is 12.1. The maximum atomic E-state index is 12.1. The molecule has 0 aromatic carbocycles. The van der Waals surface area contributed by atoms with Gasteiger partial charge in [-0.3, -0.25) is 0 Å². The molecule has 0 aromatic rings. The Balaban J connectivity index is 2.53. The minimum Gasteiger partial charge on any atom is -0.212 e. The molecule has 0 bridgehead atoms. The van der Waals surface area contributed by atoms with Crippen molar-refractivity contribution in [3.63, 3.8) is 0 Å². The number of hydrogen-bond donors (Lipinski definition) is 1. The second-order valence-electron chi connectivity index (χ2n) is 6.55. The zero-order valence-corrected chi connectivity index (χ0v) is 14.1. The van der Waals surface area contributed by atoms with Gasteiger partial charge in [0, 0.05) is 11.4 Å². The van der Waals surface area contributed by atoms with Gasteiger partial charge in [0.1, 0.15) is 0 Å². The standard InChI is InChI=1S/C13H26BrNO2S/c1-13(2,3)8-9-18(16,17)15-12-7-5-4-6-11(12)10-14/h11-12,15H,4-10H2,1-3H3. The van der Waals surface area contributed by atoms with Crippen molar-refractivity contribution < 1.29 is 8.42 Å². The fourth-order valence-corrected chi connectivity index (χ4v) is 4.82. The van der Waals surface area contributed by atoms with Gasteiger partial charge in [-0.2, -0.15) is 0 Å². The lowest BCUT2D eigenvalue weighted by molar-refractivity contribution is 0.315. The molecule has 5 heteroatoms. The molecule has 1 aliphatic rings. The van der Waals surface area contributed by atoms with Crippen molar-refractivity contribution in [2.75, 3.05) is 11.1 Å². The largest absolute Gasteiger partial charge is 0.212 e. The van der Waals surface area contributed by atoms with Crippen LogP contribution in [-0.4, -0.2) is 25.5 Å². The average molecular weight is 340 g/mol. The van der Waals surface area contributed by atoms with E-state index in [9.17, 15) is 8.42 Å². The number of hydrogen-bond acceptors (Lipinski definition) is 2. The van der Waals surface area contributed by atoms with E-state index in [0.717, 1.165) is 24.6 Å². The lowest BCUT2D eigenvalue weighted by atomic mass is 9.87. The number of alkyl halides is 1. The van der Waals surface area contributed by atoms with Crippen LogP contribution in [0, 0.1) is 11.3 Å². The first-order valence-corrected chi connectivity index (χ1v) is 9.57. The van der Waals surface area contributed by atoms with E-state index in [4.69, 9.17) is 0 Å². The third-order valence-electron chi connectivity index (χ3n) is 3.56. The normalized spacial score (nSPS) is 26.2. The van der Waals surface area contributed by atoms with Gasteiger partial charge in [-0.05, 0) is 30.6 Å². The van der Waals surface area contributed by atoms with Gasteiger partial charge in [0.05, 0.1) is 5.75 Å². The molecule has 0 aliphatic heterocycles. The highest BCUT2D eigenvalue weighted by Crippen LogP contribution is 2.27. The molecular weight excluding hydrogens is 314 g/mol. The van der Waals surface area contributed by atoms with Crippen molar-refractivity contribution in [3.05, 3.63) is 0 Å². The van der Waals surface area contributed by atoms with Crippen LogP contribution in [0.2, 0.25) is 0 Å². The Morgan fingerprint density at radius 3 is 2.39 bits per heavy atom. The van der Waals surface area contributed by atoms with Gasteiger partial charge in [0.2, 0.25) is 10.0 Å².